The quantitative estimate of drug-likeness (QED) is 0.807. The lowest BCUT2D eigenvalue weighted by atomic mass is 9.79. The van der Waals surface area contributed by atoms with Gasteiger partial charge in [-0.25, -0.2) is 0 Å². The Labute approximate surface area is 99.3 Å². The van der Waals surface area contributed by atoms with Gasteiger partial charge in [0.25, 0.3) is 0 Å². The fourth-order valence-electron chi connectivity index (χ4n) is 2.63. The van der Waals surface area contributed by atoms with E-state index in [0.717, 1.165) is 5.92 Å². The predicted octanol–water partition coefficient (Wildman–Crippen LogP) is 3.87. The van der Waals surface area contributed by atoms with Crippen LogP contribution in [-0.2, 0) is 0 Å². The molecule has 1 aliphatic carbocycles. The Balaban J connectivity index is 2.19. The summed E-state index contributed by atoms with van der Waals surface area (Å²) in [5, 5.41) is 3.42. The first-order chi connectivity index (χ1) is 7.72. The number of nitrogens with one attached hydrogen (secondary N) is 1. The molecule has 1 fully saturated rings. The van der Waals surface area contributed by atoms with E-state index in [9.17, 15) is 0 Å². The lowest BCUT2D eigenvalue weighted by Gasteiger charge is -2.28. The molecule has 88 valence electrons. The van der Waals surface area contributed by atoms with Crippen molar-refractivity contribution in [2.75, 3.05) is 7.05 Å². The van der Waals surface area contributed by atoms with Crippen LogP contribution in [0.5, 0.6) is 0 Å². The van der Waals surface area contributed by atoms with Crippen molar-refractivity contribution >= 4 is 0 Å². The smallest absolute Gasteiger partial charge is 0.0340 e. The summed E-state index contributed by atoms with van der Waals surface area (Å²) < 4.78 is 0. The van der Waals surface area contributed by atoms with Gasteiger partial charge in [-0.2, -0.15) is 0 Å². The molecule has 1 aromatic carbocycles. The van der Waals surface area contributed by atoms with Gasteiger partial charge in [-0.1, -0.05) is 44.5 Å². The average Bonchev–Trinajstić information content (AvgIpc) is 2.16. The van der Waals surface area contributed by atoms with Gasteiger partial charge in [0.05, 0.1) is 0 Å². The highest BCUT2D eigenvalue weighted by molar-refractivity contribution is 5.29. The molecule has 16 heavy (non-hydrogen) atoms. The van der Waals surface area contributed by atoms with Gasteiger partial charge in [-0.05, 0) is 42.9 Å². The summed E-state index contributed by atoms with van der Waals surface area (Å²) in [5.41, 5.74) is 2.99. The zero-order valence-corrected chi connectivity index (χ0v) is 10.7. The number of hydrogen-bond donors (Lipinski definition) is 1. The highest BCUT2D eigenvalue weighted by Gasteiger charge is 2.21. The van der Waals surface area contributed by atoms with Crippen LogP contribution in [0.3, 0.4) is 0 Å². The van der Waals surface area contributed by atoms with E-state index in [1.165, 1.54) is 24.8 Å². The Morgan fingerprint density at radius 3 is 2.50 bits per heavy atom. The highest BCUT2D eigenvalue weighted by atomic mass is 14.9. The molecule has 1 nitrogen and oxygen atoms in total. The van der Waals surface area contributed by atoms with Gasteiger partial charge in [0, 0.05) is 6.04 Å². The Bertz CT molecular complexity index is 339. The molecule has 1 aromatic rings. The molecule has 0 radical (unpaired) electrons. The lowest BCUT2D eigenvalue weighted by molar-refractivity contribution is 0.415. The molecule has 1 aliphatic rings. The van der Waals surface area contributed by atoms with Crippen LogP contribution in [0.25, 0.3) is 0 Å². The van der Waals surface area contributed by atoms with Crippen molar-refractivity contribution in [3.63, 3.8) is 0 Å². The normalized spacial score (nSPS) is 18.5. The molecule has 0 aromatic heterocycles. The van der Waals surface area contributed by atoms with Crippen LogP contribution in [0.1, 0.15) is 56.2 Å². The summed E-state index contributed by atoms with van der Waals surface area (Å²) in [6.45, 7) is 4.55. The molecule has 0 saturated heterocycles. The second-order valence-electron chi connectivity index (χ2n) is 5.31. The zero-order valence-electron chi connectivity index (χ0n) is 10.7. The average molecular weight is 217 g/mol. The summed E-state index contributed by atoms with van der Waals surface area (Å²) in [6.07, 6.45) is 4.18. The van der Waals surface area contributed by atoms with Gasteiger partial charge < -0.3 is 5.32 Å². The van der Waals surface area contributed by atoms with E-state index in [4.69, 9.17) is 0 Å². The molecule has 1 saturated carbocycles. The summed E-state index contributed by atoms with van der Waals surface area (Å²) >= 11 is 0. The van der Waals surface area contributed by atoms with Crippen LogP contribution >= 0.6 is 0 Å². The van der Waals surface area contributed by atoms with Crippen LogP contribution in [0.4, 0.5) is 0 Å². The summed E-state index contributed by atoms with van der Waals surface area (Å²) in [4.78, 5) is 0. The first kappa shape index (κ1) is 11.7. The Kier molecular flexibility index (Phi) is 3.65. The van der Waals surface area contributed by atoms with E-state index in [1.807, 2.05) is 0 Å². The van der Waals surface area contributed by atoms with E-state index in [2.05, 4.69) is 50.5 Å². The number of rotatable bonds is 4. The molecular formula is C15H23N. The largest absolute Gasteiger partial charge is 0.313 e. The Hall–Kier alpha value is -0.820. The monoisotopic (exact) mass is 217 g/mol. The van der Waals surface area contributed by atoms with Crippen LogP contribution in [0.2, 0.25) is 0 Å². The molecular weight excluding hydrogens is 194 g/mol. The van der Waals surface area contributed by atoms with Crippen molar-refractivity contribution < 1.29 is 0 Å². The maximum Gasteiger partial charge on any atom is 0.0340 e. The van der Waals surface area contributed by atoms with Crippen molar-refractivity contribution in [3.05, 3.63) is 35.4 Å². The standard InChI is InChI=1S/C15H23N/c1-11(2)15(16-3)14-9-5-8-13(10-14)12-6-4-7-12/h5,8-12,15-16H,4,6-7H2,1-3H3. The van der Waals surface area contributed by atoms with Gasteiger partial charge in [0.2, 0.25) is 0 Å². The van der Waals surface area contributed by atoms with Crippen LogP contribution in [-0.4, -0.2) is 7.05 Å². The van der Waals surface area contributed by atoms with Gasteiger partial charge in [0.1, 0.15) is 0 Å². The van der Waals surface area contributed by atoms with Crippen LogP contribution in [0.15, 0.2) is 24.3 Å². The van der Waals surface area contributed by atoms with Gasteiger partial charge >= 0.3 is 0 Å². The van der Waals surface area contributed by atoms with E-state index in [0.29, 0.717) is 12.0 Å². The summed E-state index contributed by atoms with van der Waals surface area (Å²) in [5.74, 6) is 1.48. The second-order valence-corrected chi connectivity index (χ2v) is 5.31. The molecule has 0 spiro atoms. The minimum atomic E-state index is 0.486. The minimum Gasteiger partial charge on any atom is -0.313 e. The Morgan fingerprint density at radius 1 is 1.25 bits per heavy atom. The zero-order chi connectivity index (χ0) is 11.5. The third kappa shape index (κ3) is 2.30. The predicted molar refractivity (Wildman–Crippen MR) is 69.7 cm³/mol. The van der Waals surface area contributed by atoms with Gasteiger partial charge in [0.15, 0.2) is 0 Å². The molecule has 0 amide bonds. The molecule has 0 heterocycles. The van der Waals surface area contributed by atoms with E-state index in [-0.39, 0.29) is 0 Å². The van der Waals surface area contributed by atoms with Crippen molar-refractivity contribution in [3.8, 4) is 0 Å². The third-order valence-electron chi connectivity index (χ3n) is 3.82. The number of hydrogen-bond acceptors (Lipinski definition) is 1. The lowest BCUT2D eigenvalue weighted by Crippen LogP contribution is -2.22. The second kappa shape index (κ2) is 5.01. The number of benzene rings is 1. The van der Waals surface area contributed by atoms with Crippen molar-refractivity contribution in [2.24, 2.45) is 5.92 Å². The fourth-order valence-corrected chi connectivity index (χ4v) is 2.63. The van der Waals surface area contributed by atoms with Crippen molar-refractivity contribution in [1.82, 2.24) is 5.32 Å². The van der Waals surface area contributed by atoms with Gasteiger partial charge in [-0.15, -0.1) is 0 Å². The van der Waals surface area contributed by atoms with Crippen LogP contribution < -0.4 is 5.32 Å². The molecule has 1 heteroatoms. The molecule has 1 N–H and O–H groups in total. The highest BCUT2D eigenvalue weighted by Crippen LogP contribution is 2.37. The SMILES string of the molecule is CNC(c1cccc(C2CCC2)c1)C(C)C. The van der Waals surface area contributed by atoms with Crippen LogP contribution in [0, 0.1) is 5.92 Å². The molecule has 1 unspecified atom stereocenters. The van der Waals surface area contributed by atoms with E-state index >= 15 is 0 Å². The van der Waals surface area contributed by atoms with Crippen molar-refractivity contribution in [1.29, 1.82) is 0 Å². The molecule has 0 bridgehead atoms. The van der Waals surface area contributed by atoms with Gasteiger partial charge in [-0.3, -0.25) is 0 Å². The topological polar surface area (TPSA) is 12.0 Å². The van der Waals surface area contributed by atoms with Crippen molar-refractivity contribution in [2.45, 2.75) is 45.1 Å². The molecule has 2 rings (SSSR count). The summed E-state index contributed by atoms with van der Waals surface area (Å²) in [7, 11) is 2.06. The first-order valence-corrected chi connectivity index (χ1v) is 6.49. The molecule has 1 atom stereocenters. The minimum absolute atomic E-state index is 0.486. The first-order valence-electron chi connectivity index (χ1n) is 6.49. The maximum absolute atomic E-state index is 3.42. The fraction of sp³-hybridized carbons (Fsp3) is 0.600. The van der Waals surface area contributed by atoms with E-state index < -0.39 is 0 Å². The Morgan fingerprint density at radius 2 is 2.00 bits per heavy atom. The van der Waals surface area contributed by atoms with E-state index in [1.54, 1.807) is 5.56 Å². The maximum atomic E-state index is 3.42. The third-order valence-corrected chi connectivity index (χ3v) is 3.82. The molecule has 0 aliphatic heterocycles. The summed E-state index contributed by atoms with van der Waals surface area (Å²) in [6, 6.07) is 9.66.